The summed E-state index contributed by atoms with van der Waals surface area (Å²) in [5.74, 6) is -0.520. The highest BCUT2D eigenvalue weighted by Gasteiger charge is 2.03. The molecule has 0 N–H and O–H groups in total. The molecule has 0 atom stereocenters. The Morgan fingerprint density at radius 3 is 2.56 bits per heavy atom. The van der Waals surface area contributed by atoms with Crippen LogP contribution in [0.2, 0.25) is 0 Å². The third-order valence-electron chi connectivity index (χ3n) is 1.87. The van der Waals surface area contributed by atoms with E-state index in [2.05, 4.69) is 0 Å². The summed E-state index contributed by atoms with van der Waals surface area (Å²) >= 11 is 1.20. The summed E-state index contributed by atoms with van der Waals surface area (Å²) in [6.45, 7) is 1.49. The molecule has 0 saturated carbocycles. The maximum absolute atomic E-state index is 13.1. The highest BCUT2D eigenvalue weighted by atomic mass is 32.2. The zero-order valence-electron chi connectivity index (χ0n) is 8.87. The van der Waals surface area contributed by atoms with E-state index in [1.807, 2.05) is 0 Å². The molecule has 0 bridgehead atoms. The fourth-order valence-electron chi connectivity index (χ4n) is 1.14. The molecule has 0 spiro atoms. The van der Waals surface area contributed by atoms with Crippen LogP contribution in [0.15, 0.2) is 24.3 Å². The molecule has 1 aromatic rings. The van der Waals surface area contributed by atoms with Gasteiger partial charge in [-0.2, -0.15) is 0 Å². The molecule has 0 aliphatic heterocycles. The monoisotopic (exact) mass is 242 g/mol. The lowest BCUT2D eigenvalue weighted by atomic mass is 10.2. The molecule has 1 nitrogen and oxygen atoms in total. The van der Waals surface area contributed by atoms with Gasteiger partial charge in [0.15, 0.2) is 5.12 Å². The smallest absolute Gasteiger partial charge is 0.185 e. The average Bonchev–Trinajstić information content (AvgIpc) is 2.21. The SMILES string of the molecule is CC(=O)SCCC=Cc1c(F)cccc1F. The number of carbonyl (C=O) groups excluding carboxylic acids is 1. The second-order valence-electron chi connectivity index (χ2n) is 3.17. The van der Waals surface area contributed by atoms with E-state index >= 15 is 0 Å². The molecule has 86 valence electrons. The lowest BCUT2D eigenvalue weighted by Crippen LogP contribution is -1.88. The molecule has 1 rings (SSSR count). The van der Waals surface area contributed by atoms with Gasteiger partial charge in [0.25, 0.3) is 0 Å². The molecule has 0 heterocycles. The highest BCUT2D eigenvalue weighted by Crippen LogP contribution is 2.14. The van der Waals surface area contributed by atoms with Crippen LogP contribution in [0, 0.1) is 11.6 Å². The standard InChI is InChI=1S/C12H12F2OS/c1-9(15)16-8-3-2-5-10-11(13)6-4-7-12(10)14/h2,4-7H,3,8H2,1H3. The number of carbonyl (C=O) groups is 1. The number of halogens is 2. The van der Waals surface area contributed by atoms with Gasteiger partial charge < -0.3 is 0 Å². The van der Waals surface area contributed by atoms with Crippen LogP contribution >= 0.6 is 11.8 Å². The molecule has 0 aliphatic rings. The minimum atomic E-state index is -0.574. The molecule has 0 amide bonds. The Hall–Kier alpha value is -1.16. The Balaban J connectivity index is 2.53. The fraction of sp³-hybridized carbons (Fsp3) is 0.250. The quantitative estimate of drug-likeness (QED) is 0.750. The first-order chi connectivity index (χ1) is 7.61. The van der Waals surface area contributed by atoms with Crippen molar-refractivity contribution in [1.29, 1.82) is 0 Å². The number of benzene rings is 1. The molecular weight excluding hydrogens is 230 g/mol. The molecule has 4 heteroatoms. The second-order valence-corrected chi connectivity index (χ2v) is 4.44. The fourth-order valence-corrected chi connectivity index (χ4v) is 1.68. The Bertz CT molecular complexity index is 382. The summed E-state index contributed by atoms with van der Waals surface area (Å²) in [4.78, 5) is 10.6. The predicted molar refractivity (Wildman–Crippen MR) is 63.1 cm³/mol. The summed E-state index contributed by atoms with van der Waals surface area (Å²) in [7, 11) is 0. The minimum absolute atomic E-state index is 0.0321. The second kappa shape index (κ2) is 6.43. The average molecular weight is 242 g/mol. The third kappa shape index (κ3) is 4.14. The Kier molecular flexibility index (Phi) is 5.19. The third-order valence-corrected chi connectivity index (χ3v) is 2.72. The highest BCUT2D eigenvalue weighted by molar-refractivity contribution is 8.13. The zero-order chi connectivity index (χ0) is 12.0. The van der Waals surface area contributed by atoms with E-state index in [0.29, 0.717) is 12.2 Å². The van der Waals surface area contributed by atoms with Crippen molar-refractivity contribution in [2.45, 2.75) is 13.3 Å². The largest absolute Gasteiger partial charge is 0.288 e. The van der Waals surface area contributed by atoms with Crippen molar-refractivity contribution in [2.24, 2.45) is 0 Å². The Labute approximate surface area is 97.5 Å². The van der Waals surface area contributed by atoms with Crippen molar-refractivity contribution in [3.05, 3.63) is 41.5 Å². The molecule has 0 fully saturated rings. The van der Waals surface area contributed by atoms with Crippen molar-refractivity contribution in [3.63, 3.8) is 0 Å². The van der Waals surface area contributed by atoms with Crippen molar-refractivity contribution in [3.8, 4) is 0 Å². The van der Waals surface area contributed by atoms with Crippen LogP contribution in [-0.4, -0.2) is 10.9 Å². The summed E-state index contributed by atoms with van der Waals surface area (Å²) < 4.78 is 26.3. The number of hydrogen-bond acceptors (Lipinski definition) is 2. The van der Waals surface area contributed by atoms with Crippen LogP contribution in [-0.2, 0) is 4.79 Å². The van der Waals surface area contributed by atoms with E-state index in [1.54, 1.807) is 6.08 Å². The molecule has 16 heavy (non-hydrogen) atoms. The summed E-state index contributed by atoms with van der Waals surface area (Å²) in [6.07, 6.45) is 3.68. The van der Waals surface area contributed by atoms with E-state index in [0.717, 1.165) is 0 Å². The summed E-state index contributed by atoms with van der Waals surface area (Å²) in [5.41, 5.74) is -0.0321. The number of thioether (sulfide) groups is 1. The molecule has 0 aliphatic carbocycles. The first-order valence-electron chi connectivity index (χ1n) is 4.85. The predicted octanol–water partition coefficient (Wildman–Crippen LogP) is 3.65. The maximum atomic E-state index is 13.1. The number of allylic oxidation sites excluding steroid dienone is 1. The number of hydrogen-bond donors (Lipinski definition) is 0. The normalized spacial score (nSPS) is 10.9. The van der Waals surface area contributed by atoms with Gasteiger partial charge >= 0.3 is 0 Å². The molecule has 0 aromatic heterocycles. The van der Waals surface area contributed by atoms with Gasteiger partial charge in [0, 0.05) is 18.2 Å². The van der Waals surface area contributed by atoms with Gasteiger partial charge in [0.05, 0.1) is 0 Å². The van der Waals surface area contributed by atoms with Crippen molar-refractivity contribution >= 4 is 23.0 Å². The van der Waals surface area contributed by atoms with E-state index in [1.165, 1.54) is 43.0 Å². The molecular formula is C12H12F2OS. The topological polar surface area (TPSA) is 17.1 Å². The summed E-state index contributed by atoms with van der Waals surface area (Å²) in [5, 5.41) is 0.0467. The van der Waals surface area contributed by atoms with Gasteiger partial charge in [-0.1, -0.05) is 30.0 Å². The number of rotatable bonds is 4. The van der Waals surface area contributed by atoms with Gasteiger partial charge in [0.2, 0.25) is 0 Å². The maximum Gasteiger partial charge on any atom is 0.185 e. The van der Waals surface area contributed by atoms with E-state index < -0.39 is 11.6 Å². The zero-order valence-corrected chi connectivity index (χ0v) is 9.69. The molecule has 0 unspecified atom stereocenters. The van der Waals surface area contributed by atoms with Crippen molar-refractivity contribution in [1.82, 2.24) is 0 Å². The van der Waals surface area contributed by atoms with Gasteiger partial charge in [0.1, 0.15) is 11.6 Å². The lowest BCUT2D eigenvalue weighted by molar-refractivity contribution is -0.109. The first kappa shape index (κ1) is 12.9. The van der Waals surface area contributed by atoms with Crippen LogP contribution < -0.4 is 0 Å². The Morgan fingerprint density at radius 2 is 2.00 bits per heavy atom. The van der Waals surface area contributed by atoms with Gasteiger partial charge in [-0.15, -0.1) is 0 Å². The Morgan fingerprint density at radius 1 is 1.38 bits per heavy atom. The molecule has 1 aromatic carbocycles. The van der Waals surface area contributed by atoms with Crippen LogP contribution in [0.4, 0.5) is 8.78 Å². The lowest BCUT2D eigenvalue weighted by Gasteiger charge is -1.98. The summed E-state index contributed by atoms with van der Waals surface area (Å²) in [6, 6.07) is 3.76. The van der Waals surface area contributed by atoms with E-state index in [4.69, 9.17) is 0 Å². The molecule has 0 radical (unpaired) electrons. The van der Waals surface area contributed by atoms with Gasteiger partial charge in [-0.25, -0.2) is 8.78 Å². The minimum Gasteiger partial charge on any atom is -0.288 e. The van der Waals surface area contributed by atoms with Crippen LogP contribution in [0.5, 0.6) is 0 Å². The van der Waals surface area contributed by atoms with Crippen LogP contribution in [0.3, 0.4) is 0 Å². The van der Waals surface area contributed by atoms with Crippen molar-refractivity contribution < 1.29 is 13.6 Å². The first-order valence-corrected chi connectivity index (χ1v) is 5.83. The van der Waals surface area contributed by atoms with Gasteiger partial charge in [-0.3, -0.25) is 4.79 Å². The van der Waals surface area contributed by atoms with E-state index in [9.17, 15) is 13.6 Å². The van der Waals surface area contributed by atoms with Gasteiger partial charge in [-0.05, 0) is 18.6 Å². The van der Waals surface area contributed by atoms with Crippen LogP contribution in [0.1, 0.15) is 18.9 Å². The van der Waals surface area contributed by atoms with Crippen molar-refractivity contribution in [2.75, 3.05) is 5.75 Å². The van der Waals surface area contributed by atoms with Crippen LogP contribution in [0.25, 0.3) is 6.08 Å². The van der Waals surface area contributed by atoms with E-state index in [-0.39, 0.29) is 10.7 Å². The molecule has 0 saturated heterocycles.